The zero-order valence-corrected chi connectivity index (χ0v) is 14.0. The summed E-state index contributed by atoms with van der Waals surface area (Å²) >= 11 is 5.75. The van der Waals surface area contributed by atoms with Crippen molar-refractivity contribution in [3.05, 3.63) is 52.9 Å². The van der Waals surface area contributed by atoms with Crippen LogP contribution in [-0.2, 0) is 21.1 Å². The molecule has 2 N–H and O–H groups in total. The van der Waals surface area contributed by atoms with Gasteiger partial charge in [0.2, 0.25) is 21.4 Å². The highest BCUT2D eigenvalue weighted by Gasteiger charge is 2.23. The van der Waals surface area contributed by atoms with Gasteiger partial charge in [0.15, 0.2) is 0 Å². The van der Waals surface area contributed by atoms with E-state index in [9.17, 15) is 18.0 Å². The van der Waals surface area contributed by atoms with Crippen LogP contribution in [0.3, 0.4) is 0 Å². The first-order chi connectivity index (χ1) is 11.9. The molecule has 11 heteroatoms. The van der Waals surface area contributed by atoms with E-state index < -0.39 is 21.4 Å². The van der Waals surface area contributed by atoms with Gasteiger partial charge in [0.1, 0.15) is 5.03 Å². The largest absolute Gasteiger partial charge is 0.349 e. The quantitative estimate of drug-likeness (QED) is 0.481. The number of carbonyl (C=O) groups is 2. The van der Waals surface area contributed by atoms with Crippen molar-refractivity contribution in [2.75, 3.05) is 0 Å². The molecule has 25 heavy (non-hydrogen) atoms. The van der Waals surface area contributed by atoms with Gasteiger partial charge in [-0.15, -0.1) is 10.2 Å². The Hall–Kier alpha value is -2.85. The minimum atomic E-state index is -3.78. The number of ketones is 2. The summed E-state index contributed by atoms with van der Waals surface area (Å²) in [5, 5.41) is 12.5. The fourth-order valence-corrected chi connectivity index (χ4v) is 3.44. The lowest BCUT2D eigenvalue weighted by Gasteiger charge is -2.02. The molecule has 0 saturated carbocycles. The molecule has 3 aromatic rings. The van der Waals surface area contributed by atoms with Crippen molar-refractivity contribution in [2.24, 2.45) is 0 Å². The summed E-state index contributed by atoms with van der Waals surface area (Å²) in [5.74, 6) is -2.05. The third-order valence-electron chi connectivity index (χ3n) is 3.29. The van der Waals surface area contributed by atoms with E-state index >= 15 is 0 Å². The standard InChI is InChI=1S/C14H10ClN5O4S/c15-8-1-4-10(5-2-8)25(23,24)12-6-3-9(16-12)7-11(21)13(22)14-17-19-20-18-14/h1-6,16H,7H2,(H,17,18,19,20). The number of hydrogen-bond acceptors (Lipinski definition) is 7. The SMILES string of the molecule is O=C(Cc1ccc(S(=O)(=O)c2ccc(Cl)cc2)[nH]1)C(=O)c1nn[nH]n1. The van der Waals surface area contributed by atoms with E-state index in [1.54, 1.807) is 0 Å². The first-order valence-corrected chi connectivity index (χ1v) is 8.73. The molecule has 0 radical (unpaired) electrons. The lowest BCUT2D eigenvalue weighted by molar-refractivity contribution is -0.114. The number of H-pyrrole nitrogens is 2. The van der Waals surface area contributed by atoms with Crippen molar-refractivity contribution in [3.8, 4) is 0 Å². The van der Waals surface area contributed by atoms with Crippen LogP contribution in [0, 0.1) is 0 Å². The molecular formula is C14H10ClN5O4S. The minimum absolute atomic E-state index is 0.0551. The number of aromatic amines is 2. The summed E-state index contributed by atoms with van der Waals surface area (Å²) in [6.45, 7) is 0. The smallest absolute Gasteiger partial charge is 0.269 e. The Kier molecular flexibility index (Phi) is 4.47. The normalized spacial score (nSPS) is 11.4. The fourth-order valence-electron chi connectivity index (χ4n) is 2.05. The van der Waals surface area contributed by atoms with Crippen molar-refractivity contribution in [3.63, 3.8) is 0 Å². The van der Waals surface area contributed by atoms with E-state index in [0.717, 1.165) is 0 Å². The summed E-state index contributed by atoms with van der Waals surface area (Å²) < 4.78 is 25.0. The number of carbonyl (C=O) groups excluding carboxylic acids is 2. The maximum absolute atomic E-state index is 12.5. The molecule has 0 aliphatic carbocycles. The molecule has 0 bridgehead atoms. The van der Waals surface area contributed by atoms with Gasteiger partial charge in [-0.1, -0.05) is 11.6 Å². The lowest BCUT2D eigenvalue weighted by Crippen LogP contribution is -2.18. The molecule has 1 aromatic carbocycles. The molecule has 0 amide bonds. The summed E-state index contributed by atoms with van der Waals surface area (Å²) in [6, 6.07) is 8.43. The van der Waals surface area contributed by atoms with Gasteiger partial charge in [-0.25, -0.2) is 8.42 Å². The van der Waals surface area contributed by atoms with Crippen LogP contribution < -0.4 is 0 Å². The molecule has 2 aromatic heterocycles. The second-order valence-electron chi connectivity index (χ2n) is 4.97. The minimum Gasteiger partial charge on any atom is -0.349 e. The van der Waals surface area contributed by atoms with Gasteiger partial charge >= 0.3 is 0 Å². The summed E-state index contributed by atoms with van der Waals surface area (Å²) in [7, 11) is -3.78. The van der Waals surface area contributed by atoms with E-state index in [0.29, 0.717) is 5.02 Å². The predicted octanol–water partition coefficient (Wildman–Crippen LogP) is 1.01. The number of aromatic nitrogens is 5. The Morgan fingerprint density at radius 3 is 2.44 bits per heavy atom. The third-order valence-corrected chi connectivity index (χ3v) is 5.25. The average Bonchev–Trinajstić information content (AvgIpc) is 3.26. The van der Waals surface area contributed by atoms with Gasteiger partial charge in [-0.05, 0) is 41.6 Å². The summed E-state index contributed by atoms with van der Waals surface area (Å²) in [4.78, 5) is 26.4. The number of tetrazole rings is 1. The molecule has 2 heterocycles. The van der Waals surface area contributed by atoms with Gasteiger partial charge in [0.05, 0.1) is 11.3 Å². The number of halogens is 1. The van der Waals surface area contributed by atoms with E-state index in [1.165, 1.54) is 36.4 Å². The zero-order valence-electron chi connectivity index (χ0n) is 12.4. The Balaban J connectivity index is 1.79. The number of sulfone groups is 1. The predicted molar refractivity (Wildman–Crippen MR) is 84.9 cm³/mol. The Labute approximate surface area is 146 Å². The number of rotatable bonds is 6. The van der Waals surface area contributed by atoms with Crippen molar-refractivity contribution in [2.45, 2.75) is 16.3 Å². The molecule has 0 aliphatic heterocycles. The maximum Gasteiger partial charge on any atom is 0.269 e. The van der Waals surface area contributed by atoms with Crippen LogP contribution in [0.4, 0.5) is 0 Å². The van der Waals surface area contributed by atoms with Gasteiger partial charge in [0.25, 0.3) is 5.78 Å². The van der Waals surface area contributed by atoms with Gasteiger partial charge in [-0.2, -0.15) is 5.21 Å². The molecule has 3 rings (SSSR count). The molecule has 9 nitrogen and oxygen atoms in total. The Bertz CT molecular complexity index is 1030. The molecule has 0 atom stereocenters. The Morgan fingerprint density at radius 1 is 1.08 bits per heavy atom. The number of hydrogen-bond donors (Lipinski definition) is 2. The van der Waals surface area contributed by atoms with Crippen LogP contribution in [-0.4, -0.2) is 45.6 Å². The second kappa shape index (κ2) is 6.57. The molecule has 0 aliphatic rings. The van der Waals surface area contributed by atoms with Gasteiger partial charge in [-0.3, -0.25) is 9.59 Å². The molecule has 0 unspecified atom stereocenters. The van der Waals surface area contributed by atoms with Crippen LogP contribution in [0.2, 0.25) is 5.02 Å². The zero-order chi connectivity index (χ0) is 18.0. The first-order valence-electron chi connectivity index (χ1n) is 6.87. The van der Waals surface area contributed by atoms with Crippen molar-refractivity contribution >= 4 is 33.0 Å². The molecule has 0 spiro atoms. The molecule has 0 saturated heterocycles. The van der Waals surface area contributed by atoms with Crippen LogP contribution in [0.5, 0.6) is 0 Å². The van der Waals surface area contributed by atoms with E-state index in [2.05, 4.69) is 25.6 Å². The number of nitrogens with one attached hydrogen (secondary N) is 2. The summed E-state index contributed by atoms with van der Waals surface area (Å²) in [5.41, 5.74) is 0.273. The van der Waals surface area contributed by atoms with Crippen LogP contribution in [0.15, 0.2) is 46.3 Å². The molecule has 128 valence electrons. The highest BCUT2D eigenvalue weighted by atomic mass is 35.5. The fraction of sp³-hybridized carbons (Fsp3) is 0.0714. The highest BCUT2D eigenvalue weighted by Crippen LogP contribution is 2.22. The number of benzene rings is 1. The molecule has 0 fully saturated rings. The van der Waals surface area contributed by atoms with Gasteiger partial charge in [0, 0.05) is 10.7 Å². The van der Waals surface area contributed by atoms with Crippen molar-refractivity contribution in [1.29, 1.82) is 0 Å². The summed E-state index contributed by atoms with van der Waals surface area (Å²) in [6.07, 6.45) is -0.316. The number of Topliss-reactive ketones (excluding diaryl/α,β-unsaturated/α-hetero) is 2. The molecular weight excluding hydrogens is 370 g/mol. The van der Waals surface area contributed by atoms with Crippen molar-refractivity contribution < 1.29 is 18.0 Å². The van der Waals surface area contributed by atoms with Crippen LogP contribution in [0.1, 0.15) is 16.3 Å². The van der Waals surface area contributed by atoms with E-state index in [-0.39, 0.29) is 27.9 Å². The van der Waals surface area contributed by atoms with Crippen LogP contribution >= 0.6 is 11.6 Å². The monoisotopic (exact) mass is 379 g/mol. The second-order valence-corrected chi connectivity index (χ2v) is 7.32. The highest BCUT2D eigenvalue weighted by molar-refractivity contribution is 7.91. The van der Waals surface area contributed by atoms with Crippen LogP contribution in [0.25, 0.3) is 0 Å². The van der Waals surface area contributed by atoms with E-state index in [4.69, 9.17) is 11.6 Å². The third kappa shape index (κ3) is 3.49. The topological polar surface area (TPSA) is 139 Å². The van der Waals surface area contributed by atoms with E-state index in [1.807, 2.05) is 0 Å². The number of nitrogens with zero attached hydrogens (tertiary/aromatic N) is 3. The van der Waals surface area contributed by atoms with Gasteiger partial charge < -0.3 is 4.98 Å². The average molecular weight is 380 g/mol. The Morgan fingerprint density at radius 2 is 1.80 bits per heavy atom. The van der Waals surface area contributed by atoms with Crippen molar-refractivity contribution in [1.82, 2.24) is 25.6 Å². The maximum atomic E-state index is 12.5. The lowest BCUT2D eigenvalue weighted by atomic mass is 10.1. The first kappa shape index (κ1) is 17.0.